The van der Waals surface area contributed by atoms with Gasteiger partial charge in [-0.1, -0.05) is 23.9 Å². The van der Waals surface area contributed by atoms with E-state index in [0.717, 1.165) is 29.7 Å². The number of benzene rings is 1. The molecule has 0 spiro atoms. The SMILES string of the molecule is COC(=O)c1ccccc1S(=O)(=O)NC(=O)n1nc(SC)n(OC)c1=O. The molecule has 1 aromatic heterocycles. The van der Waals surface area contributed by atoms with Crippen LogP contribution in [-0.4, -0.2) is 55.4 Å². The van der Waals surface area contributed by atoms with Crippen LogP contribution in [0, 0.1) is 0 Å². The first kappa shape index (κ1) is 19.5. The Labute approximate surface area is 151 Å². The molecule has 0 unspecified atom stereocenters. The van der Waals surface area contributed by atoms with Gasteiger partial charge in [-0.05, 0) is 18.4 Å². The molecule has 0 saturated carbocycles. The second-order valence-electron chi connectivity index (χ2n) is 4.56. The minimum atomic E-state index is -4.48. The summed E-state index contributed by atoms with van der Waals surface area (Å²) in [7, 11) is -2.21. The van der Waals surface area contributed by atoms with Crippen LogP contribution in [0.4, 0.5) is 4.79 Å². The van der Waals surface area contributed by atoms with E-state index in [1.807, 2.05) is 0 Å². The van der Waals surface area contributed by atoms with Gasteiger partial charge in [0.2, 0.25) is 5.16 Å². The summed E-state index contributed by atoms with van der Waals surface area (Å²) in [6, 6.07) is 3.81. The summed E-state index contributed by atoms with van der Waals surface area (Å²) in [5.41, 5.74) is -1.26. The number of sulfonamides is 1. The fourth-order valence-electron chi connectivity index (χ4n) is 1.94. The quantitative estimate of drug-likeness (QED) is 0.521. The fraction of sp³-hybridized carbons (Fsp3) is 0.231. The maximum atomic E-state index is 12.5. The van der Waals surface area contributed by atoms with Crippen molar-refractivity contribution in [2.24, 2.45) is 0 Å². The number of nitrogens with one attached hydrogen (secondary N) is 1. The molecule has 1 amide bonds. The normalized spacial score (nSPS) is 11.0. The smallest absolute Gasteiger partial charge is 0.388 e. The van der Waals surface area contributed by atoms with Crippen LogP contribution in [-0.2, 0) is 14.8 Å². The predicted molar refractivity (Wildman–Crippen MR) is 89.7 cm³/mol. The van der Waals surface area contributed by atoms with Crippen LogP contribution in [0.5, 0.6) is 0 Å². The third-order valence-electron chi connectivity index (χ3n) is 3.08. The van der Waals surface area contributed by atoms with Crippen molar-refractivity contribution in [2.45, 2.75) is 10.1 Å². The molecule has 13 heteroatoms. The maximum absolute atomic E-state index is 12.5. The molecule has 2 rings (SSSR count). The van der Waals surface area contributed by atoms with Gasteiger partial charge in [-0.2, -0.15) is 0 Å². The van der Waals surface area contributed by atoms with Crippen molar-refractivity contribution in [2.75, 3.05) is 20.5 Å². The average Bonchev–Trinajstić information content (AvgIpc) is 2.96. The van der Waals surface area contributed by atoms with Gasteiger partial charge in [0.15, 0.2) is 0 Å². The molecule has 0 radical (unpaired) electrons. The number of amides is 1. The van der Waals surface area contributed by atoms with E-state index in [4.69, 9.17) is 4.84 Å². The van der Waals surface area contributed by atoms with E-state index in [0.29, 0.717) is 4.68 Å². The van der Waals surface area contributed by atoms with Gasteiger partial charge in [0, 0.05) is 0 Å². The summed E-state index contributed by atoms with van der Waals surface area (Å²) in [5, 5.41) is 3.73. The molecule has 2 aromatic rings. The molecule has 0 aliphatic carbocycles. The van der Waals surface area contributed by atoms with Gasteiger partial charge < -0.3 is 9.57 Å². The minimum Gasteiger partial charge on any atom is -0.465 e. The van der Waals surface area contributed by atoms with E-state index in [9.17, 15) is 22.8 Å². The van der Waals surface area contributed by atoms with Crippen LogP contribution < -0.4 is 15.2 Å². The first-order chi connectivity index (χ1) is 12.3. The zero-order valence-electron chi connectivity index (χ0n) is 13.8. The molecule has 1 aromatic carbocycles. The first-order valence-corrected chi connectivity index (χ1v) is 9.52. The van der Waals surface area contributed by atoms with E-state index in [1.165, 1.54) is 25.3 Å². The summed E-state index contributed by atoms with van der Waals surface area (Å²) >= 11 is 1.01. The van der Waals surface area contributed by atoms with Crippen LogP contribution in [0.3, 0.4) is 0 Å². The van der Waals surface area contributed by atoms with Gasteiger partial charge in [0.1, 0.15) is 12.0 Å². The standard InChI is InChI=1S/C13H14N4O7S2/c1-23-10(18)8-6-4-5-7-9(8)26(21,22)15-11(19)16-13(20)17(24-2)12(14-16)25-3/h4-7H,1-3H3,(H,15,19). The Hall–Kier alpha value is -2.80. The summed E-state index contributed by atoms with van der Waals surface area (Å²) in [6.07, 6.45) is 1.59. The monoisotopic (exact) mass is 402 g/mol. The molecule has 0 aliphatic heterocycles. The van der Waals surface area contributed by atoms with Gasteiger partial charge >= 0.3 is 17.7 Å². The number of carbonyl (C=O) groups is 2. The molecule has 1 N–H and O–H groups in total. The molecular formula is C13H14N4O7S2. The molecule has 0 saturated heterocycles. The van der Waals surface area contributed by atoms with Gasteiger partial charge in [-0.25, -0.2) is 27.5 Å². The predicted octanol–water partition coefficient (Wildman–Crippen LogP) is -0.442. The van der Waals surface area contributed by atoms with Crippen LogP contribution in [0.2, 0.25) is 0 Å². The number of thioether (sulfide) groups is 1. The lowest BCUT2D eigenvalue weighted by Crippen LogP contribution is -2.41. The molecule has 0 fully saturated rings. The molecule has 140 valence electrons. The van der Waals surface area contributed by atoms with Gasteiger partial charge in [0.05, 0.1) is 12.7 Å². The highest BCUT2D eigenvalue weighted by atomic mass is 32.2. The van der Waals surface area contributed by atoms with Crippen LogP contribution >= 0.6 is 11.8 Å². The number of methoxy groups -OCH3 is 1. The topological polar surface area (TPSA) is 139 Å². The fourth-order valence-corrected chi connectivity index (χ4v) is 3.55. The Morgan fingerprint density at radius 1 is 1.23 bits per heavy atom. The zero-order chi connectivity index (χ0) is 19.5. The lowest BCUT2D eigenvalue weighted by Gasteiger charge is -2.09. The van der Waals surface area contributed by atoms with Crippen LogP contribution in [0.15, 0.2) is 39.1 Å². The number of aromatic nitrogens is 3. The molecule has 0 bridgehead atoms. The van der Waals surface area contributed by atoms with E-state index in [1.54, 1.807) is 11.0 Å². The van der Waals surface area contributed by atoms with E-state index in [2.05, 4.69) is 9.84 Å². The molecular weight excluding hydrogens is 388 g/mol. The zero-order valence-corrected chi connectivity index (χ0v) is 15.5. The number of esters is 1. The second kappa shape index (κ2) is 7.61. The van der Waals surface area contributed by atoms with Crippen molar-refractivity contribution in [3.8, 4) is 0 Å². The maximum Gasteiger partial charge on any atom is 0.388 e. The molecule has 26 heavy (non-hydrogen) atoms. The van der Waals surface area contributed by atoms with E-state index < -0.39 is 32.6 Å². The van der Waals surface area contributed by atoms with Crippen molar-refractivity contribution < 1.29 is 27.6 Å². The van der Waals surface area contributed by atoms with Crippen molar-refractivity contribution in [3.63, 3.8) is 0 Å². The highest BCUT2D eigenvalue weighted by Crippen LogP contribution is 2.16. The molecule has 11 nitrogen and oxygen atoms in total. The van der Waals surface area contributed by atoms with Gasteiger partial charge in [-0.3, -0.25) is 0 Å². The van der Waals surface area contributed by atoms with Crippen LogP contribution in [0.25, 0.3) is 0 Å². The van der Waals surface area contributed by atoms with Crippen molar-refractivity contribution in [1.29, 1.82) is 0 Å². The molecule has 0 aliphatic rings. The number of rotatable bonds is 5. The Balaban J connectivity index is 2.43. The van der Waals surface area contributed by atoms with Gasteiger partial charge in [0.25, 0.3) is 10.0 Å². The molecule has 1 heterocycles. The van der Waals surface area contributed by atoms with Crippen molar-refractivity contribution in [1.82, 2.24) is 19.2 Å². The second-order valence-corrected chi connectivity index (χ2v) is 6.98. The Morgan fingerprint density at radius 3 is 2.42 bits per heavy atom. The Kier molecular flexibility index (Phi) is 5.72. The summed E-state index contributed by atoms with van der Waals surface area (Å²) < 4.78 is 32.2. The lowest BCUT2D eigenvalue weighted by molar-refractivity contribution is 0.0596. The number of ether oxygens (including phenoxy) is 1. The summed E-state index contributed by atoms with van der Waals surface area (Å²) in [4.78, 5) is 40.3. The first-order valence-electron chi connectivity index (χ1n) is 6.81. The van der Waals surface area contributed by atoms with Crippen molar-refractivity contribution in [3.05, 3.63) is 40.3 Å². The number of nitrogens with zero attached hydrogens (tertiary/aromatic N) is 3. The summed E-state index contributed by atoms with van der Waals surface area (Å²) in [6.45, 7) is 0. The number of carbonyl (C=O) groups excluding carboxylic acids is 2. The Morgan fingerprint density at radius 2 is 1.88 bits per heavy atom. The van der Waals surface area contributed by atoms with Crippen LogP contribution in [0.1, 0.15) is 10.4 Å². The van der Waals surface area contributed by atoms with Gasteiger partial charge in [-0.15, -0.1) is 14.5 Å². The minimum absolute atomic E-state index is 0.0417. The number of hydrogen-bond donors (Lipinski definition) is 1. The van der Waals surface area contributed by atoms with Crippen molar-refractivity contribution >= 4 is 33.8 Å². The highest BCUT2D eigenvalue weighted by molar-refractivity contribution is 7.98. The lowest BCUT2D eigenvalue weighted by atomic mass is 10.2. The van der Waals surface area contributed by atoms with E-state index >= 15 is 0 Å². The third kappa shape index (κ3) is 3.57. The largest absolute Gasteiger partial charge is 0.465 e. The van der Waals surface area contributed by atoms with E-state index in [-0.39, 0.29) is 10.7 Å². The summed E-state index contributed by atoms with van der Waals surface area (Å²) in [5.74, 6) is -0.899. The third-order valence-corrected chi connectivity index (χ3v) is 5.07. The number of hydrogen-bond acceptors (Lipinski definition) is 9. The average molecular weight is 402 g/mol. The highest BCUT2D eigenvalue weighted by Gasteiger charge is 2.27. The Bertz CT molecular complexity index is 1010. The molecule has 0 atom stereocenters.